The quantitative estimate of drug-likeness (QED) is 0.729. The fraction of sp³-hybridized carbons (Fsp3) is 0.800. The molecule has 0 radical (unpaired) electrons. The maximum Gasteiger partial charge on any atom is 0.325 e. The SMILES string of the molecule is CC(C)CC1(C)NC(=O)N(CC(=O)NC(C)C(C)C)C1=O. The van der Waals surface area contributed by atoms with Gasteiger partial charge in [-0.25, -0.2) is 4.79 Å². The normalized spacial score (nSPS) is 23.7. The molecule has 0 spiro atoms. The zero-order valence-electron chi connectivity index (χ0n) is 13.8. The van der Waals surface area contributed by atoms with Gasteiger partial charge in [0, 0.05) is 6.04 Å². The van der Waals surface area contributed by atoms with Gasteiger partial charge in [0.2, 0.25) is 5.91 Å². The molecule has 1 saturated heterocycles. The third kappa shape index (κ3) is 4.19. The lowest BCUT2D eigenvalue weighted by Crippen LogP contribution is -2.47. The van der Waals surface area contributed by atoms with Gasteiger partial charge in [-0.05, 0) is 32.1 Å². The summed E-state index contributed by atoms with van der Waals surface area (Å²) in [7, 11) is 0. The molecule has 6 heteroatoms. The Balaban J connectivity index is 2.70. The Morgan fingerprint density at radius 3 is 2.29 bits per heavy atom. The first kappa shape index (κ1) is 17.5. The molecule has 0 aromatic rings. The molecule has 1 rings (SSSR count). The Labute approximate surface area is 126 Å². The van der Waals surface area contributed by atoms with E-state index in [1.165, 1.54) is 0 Å². The van der Waals surface area contributed by atoms with Crippen LogP contribution < -0.4 is 10.6 Å². The third-order valence-electron chi connectivity index (χ3n) is 3.85. The van der Waals surface area contributed by atoms with E-state index in [9.17, 15) is 14.4 Å². The molecule has 0 aromatic heterocycles. The Morgan fingerprint density at radius 1 is 1.24 bits per heavy atom. The summed E-state index contributed by atoms with van der Waals surface area (Å²) in [4.78, 5) is 37.3. The minimum Gasteiger partial charge on any atom is -0.352 e. The van der Waals surface area contributed by atoms with E-state index in [1.54, 1.807) is 6.92 Å². The number of rotatable bonds is 6. The van der Waals surface area contributed by atoms with Crippen molar-refractivity contribution in [2.45, 2.75) is 59.5 Å². The first-order valence-corrected chi connectivity index (χ1v) is 7.50. The molecule has 120 valence electrons. The topological polar surface area (TPSA) is 78.5 Å². The van der Waals surface area contributed by atoms with Crippen molar-refractivity contribution in [2.75, 3.05) is 6.54 Å². The van der Waals surface area contributed by atoms with E-state index < -0.39 is 11.6 Å². The summed E-state index contributed by atoms with van der Waals surface area (Å²) in [5.41, 5.74) is -0.908. The number of amides is 4. The lowest BCUT2D eigenvalue weighted by atomic mass is 9.91. The molecule has 21 heavy (non-hydrogen) atoms. The minimum absolute atomic E-state index is 0.000291. The lowest BCUT2D eigenvalue weighted by Gasteiger charge is -2.24. The van der Waals surface area contributed by atoms with E-state index in [0.29, 0.717) is 12.3 Å². The molecule has 2 atom stereocenters. The Bertz CT molecular complexity index is 434. The number of carbonyl (C=O) groups is 3. The Hall–Kier alpha value is -1.59. The highest BCUT2D eigenvalue weighted by molar-refractivity contribution is 6.08. The smallest absolute Gasteiger partial charge is 0.325 e. The molecule has 1 aliphatic heterocycles. The average molecular weight is 297 g/mol. The molecule has 4 amide bonds. The zero-order valence-corrected chi connectivity index (χ0v) is 13.8. The third-order valence-corrected chi connectivity index (χ3v) is 3.85. The second-order valence-electron chi connectivity index (χ2n) is 6.85. The highest BCUT2D eigenvalue weighted by atomic mass is 16.2. The Morgan fingerprint density at radius 2 is 1.81 bits per heavy atom. The standard InChI is InChI=1S/C15H27N3O3/c1-9(2)7-15(6)13(20)18(14(21)17-15)8-12(19)16-11(5)10(3)4/h9-11H,7-8H2,1-6H3,(H,16,19)(H,17,21). The molecule has 0 saturated carbocycles. The number of carbonyl (C=O) groups excluding carboxylic acids is 3. The van der Waals surface area contributed by atoms with E-state index in [-0.39, 0.29) is 30.3 Å². The molecular weight excluding hydrogens is 270 g/mol. The maximum absolute atomic E-state index is 12.4. The van der Waals surface area contributed by atoms with Crippen LogP contribution in [0.15, 0.2) is 0 Å². The van der Waals surface area contributed by atoms with Crippen molar-refractivity contribution in [1.29, 1.82) is 0 Å². The molecule has 1 fully saturated rings. The number of hydrogen-bond acceptors (Lipinski definition) is 3. The van der Waals surface area contributed by atoms with Gasteiger partial charge >= 0.3 is 6.03 Å². The molecule has 1 aliphatic rings. The Kier molecular flexibility index (Phi) is 5.36. The van der Waals surface area contributed by atoms with Gasteiger partial charge in [0.25, 0.3) is 5.91 Å². The summed E-state index contributed by atoms with van der Waals surface area (Å²) in [5.74, 6) is -0.0701. The fourth-order valence-corrected chi connectivity index (χ4v) is 2.46. The van der Waals surface area contributed by atoms with Crippen LogP contribution in [0.5, 0.6) is 0 Å². The second-order valence-corrected chi connectivity index (χ2v) is 6.85. The largest absolute Gasteiger partial charge is 0.352 e. The predicted molar refractivity (Wildman–Crippen MR) is 80.5 cm³/mol. The lowest BCUT2D eigenvalue weighted by molar-refractivity contribution is -0.135. The van der Waals surface area contributed by atoms with Crippen LogP contribution in [0.25, 0.3) is 0 Å². The van der Waals surface area contributed by atoms with Crippen LogP contribution in [0.2, 0.25) is 0 Å². The molecule has 2 N–H and O–H groups in total. The first-order chi connectivity index (χ1) is 9.56. The number of hydrogen-bond donors (Lipinski definition) is 2. The van der Waals surface area contributed by atoms with Crippen molar-refractivity contribution in [3.05, 3.63) is 0 Å². The van der Waals surface area contributed by atoms with Crippen LogP contribution in [0.3, 0.4) is 0 Å². The molecule has 0 aliphatic carbocycles. The van der Waals surface area contributed by atoms with Gasteiger partial charge in [-0.15, -0.1) is 0 Å². The number of nitrogens with one attached hydrogen (secondary N) is 2. The van der Waals surface area contributed by atoms with Gasteiger partial charge in [-0.3, -0.25) is 14.5 Å². The van der Waals surface area contributed by atoms with Crippen molar-refractivity contribution < 1.29 is 14.4 Å². The van der Waals surface area contributed by atoms with Crippen LogP contribution in [0.1, 0.15) is 48.0 Å². The van der Waals surface area contributed by atoms with Crippen molar-refractivity contribution >= 4 is 17.8 Å². The van der Waals surface area contributed by atoms with E-state index in [4.69, 9.17) is 0 Å². The van der Waals surface area contributed by atoms with E-state index in [2.05, 4.69) is 10.6 Å². The van der Waals surface area contributed by atoms with E-state index in [1.807, 2.05) is 34.6 Å². The van der Waals surface area contributed by atoms with Crippen molar-refractivity contribution in [3.8, 4) is 0 Å². The molecule has 2 unspecified atom stereocenters. The maximum atomic E-state index is 12.4. The van der Waals surface area contributed by atoms with Crippen LogP contribution in [-0.4, -0.2) is 40.9 Å². The van der Waals surface area contributed by atoms with Gasteiger partial charge in [0.1, 0.15) is 12.1 Å². The number of imide groups is 1. The second kappa shape index (κ2) is 6.45. The summed E-state index contributed by atoms with van der Waals surface area (Å²) in [6.45, 7) is 11.4. The number of urea groups is 1. The molecular formula is C15H27N3O3. The fourth-order valence-electron chi connectivity index (χ4n) is 2.46. The van der Waals surface area contributed by atoms with Crippen LogP contribution in [0.4, 0.5) is 4.79 Å². The minimum atomic E-state index is -0.908. The summed E-state index contributed by atoms with van der Waals surface area (Å²) in [5, 5.41) is 5.50. The summed E-state index contributed by atoms with van der Waals surface area (Å²) >= 11 is 0. The zero-order chi connectivity index (χ0) is 16.4. The summed E-state index contributed by atoms with van der Waals surface area (Å²) < 4.78 is 0. The van der Waals surface area contributed by atoms with Gasteiger partial charge < -0.3 is 10.6 Å². The van der Waals surface area contributed by atoms with Crippen molar-refractivity contribution in [1.82, 2.24) is 15.5 Å². The van der Waals surface area contributed by atoms with Crippen molar-refractivity contribution in [2.24, 2.45) is 11.8 Å². The van der Waals surface area contributed by atoms with Crippen LogP contribution in [0, 0.1) is 11.8 Å². The van der Waals surface area contributed by atoms with E-state index in [0.717, 1.165) is 4.90 Å². The molecule has 0 aromatic carbocycles. The monoisotopic (exact) mass is 297 g/mol. The predicted octanol–water partition coefficient (Wildman–Crippen LogP) is 1.50. The van der Waals surface area contributed by atoms with Crippen LogP contribution >= 0.6 is 0 Å². The summed E-state index contributed by atoms with van der Waals surface area (Å²) in [6, 6.07) is -0.490. The van der Waals surface area contributed by atoms with Gasteiger partial charge in [0.05, 0.1) is 0 Å². The first-order valence-electron chi connectivity index (χ1n) is 7.50. The van der Waals surface area contributed by atoms with Gasteiger partial charge in [0.15, 0.2) is 0 Å². The number of nitrogens with zero attached hydrogens (tertiary/aromatic N) is 1. The molecule has 0 bridgehead atoms. The highest BCUT2D eigenvalue weighted by Crippen LogP contribution is 2.24. The average Bonchev–Trinajstić information content (AvgIpc) is 2.51. The molecule has 6 nitrogen and oxygen atoms in total. The summed E-state index contributed by atoms with van der Waals surface area (Å²) in [6.07, 6.45) is 0.554. The van der Waals surface area contributed by atoms with E-state index >= 15 is 0 Å². The van der Waals surface area contributed by atoms with Gasteiger partial charge in [-0.2, -0.15) is 0 Å². The van der Waals surface area contributed by atoms with Crippen LogP contribution in [-0.2, 0) is 9.59 Å². The van der Waals surface area contributed by atoms with Crippen molar-refractivity contribution in [3.63, 3.8) is 0 Å². The molecule has 1 heterocycles. The van der Waals surface area contributed by atoms with Gasteiger partial charge in [-0.1, -0.05) is 27.7 Å². The highest BCUT2D eigenvalue weighted by Gasteiger charge is 2.48.